The molecule has 1 aromatic heterocycles. The Morgan fingerprint density at radius 2 is 1.83 bits per heavy atom. The van der Waals surface area contributed by atoms with Gasteiger partial charge in [-0.05, 0) is 64.7 Å². The lowest BCUT2D eigenvalue weighted by Crippen LogP contribution is -2.27. The van der Waals surface area contributed by atoms with Crippen LogP contribution in [0.3, 0.4) is 0 Å². The van der Waals surface area contributed by atoms with Gasteiger partial charge in [0.15, 0.2) is 0 Å². The first kappa shape index (κ1) is 21.8. The maximum Gasteiger partial charge on any atom is 0.307 e. The van der Waals surface area contributed by atoms with Gasteiger partial charge in [-0.3, -0.25) is 9.59 Å². The van der Waals surface area contributed by atoms with Gasteiger partial charge >= 0.3 is 11.9 Å². The average molecular weight is 406 g/mol. The number of nitrogens with zero attached hydrogens (tertiary/aromatic N) is 3. The molecule has 2 aliphatic rings. The van der Waals surface area contributed by atoms with E-state index in [0.29, 0.717) is 23.7 Å². The highest BCUT2D eigenvalue weighted by atomic mass is 16.6. The third kappa shape index (κ3) is 5.80. The fraction of sp³-hybridized carbons (Fsp3) is 0.818. The molecule has 7 heteroatoms. The molecule has 3 rings (SSSR count). The van der Waals surface area contributed by atoms with Crippen molar-refractivity contribution in [3.63, 3.8) is 0 Å². The summed E-state index contributed by atoms with van der Waals surface area (Å²) in [7, 11) is 0. The SMILES string of the molecule is CC(C)C[C@H]1C[C@@H](c2nnc(C(CC(=O)O)CC(=O)OC(C)(C)C)n2C2CC2)C1. The molecule has 0 spiro atoms. The minimum absolute atomic E-state index is 0.00899. The second-order valence-corrected chi connectivity index (χ2v) is 10.3. The van der Waals surface area contributed by atoms with Gasteiger partial charge in [-0.15, -0.1) is 10.2 Å². The lowest BCUT2D eigenvalue weighted by molar-refractivity contribution is -0.155. The van der Waals surface area contributed by atoms with Gasteiger partial charge in [0.1, 0.15) is 17.2 Å². The van der Waals surface area contributed by atoms with Crippen LogP contribution in [-0.2, 0) is 14.3 Å². The Labute approximate surface area is 173 Å². The Balaban J connectivity index is 1.78. The molecule has 7 nitrogen and oxygen atoms in total. The summed E-state index contributed by atoms with van der Waals surface area (Å²) in [5.41, 5.74) is -0.600. The molecule has 0 bridgehead atoms. The van der Waals surface area contributed by atoms with Crippen LogP contribution in [0.4, 0.5) is 0 Å². The van der Waals surface area contributed by atoms with Crippen molar-refractivity contribution in [3.8, 4) is 0 Å². The fourth-order valence-electron chi connectivity index (χ4n) is 4.44. The Morgan fingerprint density at radius 3 is 2.34 bits per heavy atom. The first-order chi connectivity index (χ1) is 13.5. The van der Waals surface area contributed by atoms with Gasteiger partial charge in [0.2, 0.25) is 0 Å². The van der Waals surface area contributed by atoms with Crippen LogP contribution in [-0.4, -0.2) is 37.4 Å². The van der Waals surface area contributed by atoms with Gasteiger partial charge in [0.05, 0.1) is 12.8 Å². The number of aliphatic carboxylic acids is 1. The second-order valence-electron chi connectivity index (χ2n) is 10.3. The lowest BCUT2D eigenvalue weighted by atomic mass is 9.71. The highest BCUT2D eigenvalue weighted by molar-refractivity contribution is 5.73. The zero-order valence-electron chi connectivity index (χ0n) is 18.4. The summed E-state index contributed by atoms with van der Waals surface area (Å²) in [6, 6.07) is 0.342. The standard InChI is InChI=1S/C22H35N3O4/c1-13(2)8-14-9-15(10-14)20-23-24-21(25(20)17-6-7-17)16(11-18(26)27)12-19(28)29-22(3,4)5/h13-17H,6-12H2,1-5H3,(H,26,27)/t14-,15+,16?. The maximum absolute atomic E-state index is 12.4. The predicted molar refractivity (Wildman–Crippen MR) is 109 cm³/mol. The minimum atomic E-state index is -0.939. The summed E-state index contributed by atoms with van der Waals surface area (Å²) in [6.45, 7) is 9.95. The summed E-state index contributed by atoms with van der Waals surface area (Å²) in [5.74, 6) is 1.62. The molecule has 0 aromatic carbocycles. The van der Waals surface area contributed by atoms with E-state index in [1.807, 2.05) is 20.8 Å². The van der Waals surface area contributed by atoms with Crippen molar-refractivity contribution in [1.29, 1.82) is 0 Å². The Kier molecular flexibility index (Phi) is 6.34. The molecule has 29 heavy (non-hydrogen) atoms. The molecule has 1 heterocycles. The third-order valence-corrected chi connectivity index (χ3v) is 5.69. The van der Waals surface area contributed by atoms with Crippen LogP contribution in [0.1, 0.15) is 109 Å². The summed E-state index contributed by atoms with van der Waals surface area (Å²) < 4.78 is 7.60. The Bertz CT molecular complexity index is 740. The smallest absolute Gasteiger partial charge is 0.307 e. The van der Waals surface area contributed by atoms with Crippen molar-refractivity contribution in [2.75, 3.05) is 0 Å². The topological polar surface area (TPSA) is 94.3 Å². The van der Waals surface area contributed by atoms with E-state index in [-0.39, 0.29) is 12.8 Å². The average Bonchev–Trinajstić information content (AvgIpc) is 3.26. The van der Waals surface area contributed by atoms with Crippen LogP contribution in [0.15, 0.2) is 0 Å². The largest absolute Gasteiger partial charge is 0.481 e. The minimum Gasteiger partial charge on any atom is -0.481 e. The number of carbonyl (C=O) groups is 2. The second kappa shape index (κ2) is 8.44. The van der Waals surface area contributed by atoms with Crippen LogP contribution < -0.4 is 0 Å². The number of hydrogen-bond donors (Lipinski definition) is 1. The van der Waals surface area contributed by atoms with Crippen LogP contribution in [0, 0.1) is 11.8 Å². The lowest BCUT2D eigenvalue weighted by Gasteiger charge is -2.36. The van der Waals surface area contributed by atoms with E-state index in [4.69, 9.17) is 4.74 Å². The third-order valence-electron chi connectivity index (χ3n) is 5.69. The first-order valence-electron chi connectivity index (χ1n) is 10.9. The molecule has 1 aromatic rings. The highest BCUT2D eigenvalue weighted by Gasteiger charge is 2.40. The molecule has 162 valence electrons. The summed E-state index contributed by atoms with van der Waals surface area (Å²) in [5, 5.41) is 18.3. The number of carboxylic acids is 1. The number of esters is 1. The predicted octanol–water partition coefficient (Wildman–Crippen LogP) is 4.44. The quantitative estimate of drug-likeness (QED) is 0.610. The zero-order valence-corrected chi connectivity index (χ0v) is 18.4. The maximum atomic E-state index is 12.4. The van der Waals surface area contributed by atoms with Crippen molar-refractivity contribution in [2.24, 2.45) is 11.8 Å². The van der Waals surface area contributed by atoms with Crippen molar-refractivity contribution in [3.05, 3.63) is 11.6 Å². The highest BCUT2D eigenvalue weighted by Crippen LogP contribution is 2.48. The van der Waals surface area contributed by atoms with E-state index in [0.717, 1.165) is 37.4 Å². The zero-order chi connectivity index (χ0) is 21.3. The van der Waals surface area contributed by atoms with Crippen molar-refractivity contribution in [1.82, 2.24) is 14.8 Å². The van der Waals surface area contributed by atoms with Crippen LogP contribution in [0.25, 0.3) is 0 Å². The number of carbonyl (C=O) groups excluding carboxylic acids is 1. The van der Waals surface area contributed by atoms with E-state index in [2.05, 4.69) is 28.6 Å². The number of hydrogen-bond acceptors (Lipinski definition) is 5. The van der Waals surface area contributed by atoms with Gasteiger partial charge < -0.3 is 14.4 Å². The van der Waals surface area contributed by atoms with Crippen molar-refractivity contribution >= 4 is 11.9 Å². The fourth-order valence-corrected chi connectivity index (χ4v) is 4.44. The molecule has 1 atom stereocenters. The van der Waals surface area contributed by atoms with Gasteiger partial charge in [0.25, 0.3) is 0 Å². The van der Waals surface area contributed by atoms with Crippen LogP contribution >= 0.6 is 0 Å². The summed E-state index contributed by atoms with van der Waals surface area (Å²) >= 11 is 0. The van der Waals surface area contributed by atoms with Crippen molar-refractivity contribution in [2.45, 2.75) is 103 Å². The molecule has 2 saturated carbocycles. The molecule has 0 amide bonds. The summed E-state index contributed by atoms with van der Waals surface area (Å²) in [6.07, 6.45) is 5.47. The summed E-state index contributed by atoms with van der Waals surface area (Å²) in [4.78, 5) is 23.9. The molecule has 1 unspecified atom stereocenters. The molecular weight excluding hydrogens is 370 g/mol. The monoisotopic (exact) mass is 405 g/mol. The van der Waals surface area contributed by atoms with E-state index < -0.39 is 23.5 Å². The van der Waals surface area contributed by atoms with Crippen LogP contribution in [0.2, 0.25) is 0 Å². The molecular formula is C22H35N3O4. The number of carboxylic acid groups (broad SMARTS) is 1. The van der Waals surface area contributed by atoms with Gasteiger partial charge in [-0.25, -0.2) is 0 Å². The molecule has 0 saturated heterocycles. The Hall–Kier alpha value is -1.92. The van der Waals surface area contributed by atoms with E-state index >= 15 is 0 Å². The van der Waals surface area contributed by atoms with Crippen molar-refractivity contribution < 1.29 is 19.4 Å². The first-order valence-corrected chi connectivity index (χ1v) is 10.9. The molecule has 0 radical (unpaired) electrons. The number of rotatable bonds is 9. The molecule has 1 N–H and O–H groups in total. The normalized spacial score (nSPS) is 23.0. The number of ether oxygens (including phenoxy) is 1. The molecule has 0 aliphatic heterocycles. The van der Waals surface area contributed by atoms with Gasteiger partial charge in [-0.1, -0.05) is 13.8 Å². The van der Waals surface area contributed by atoms with E-state index in [1.54, 1.807) is 0 Å². The van der Waals surface area contributed by atoms with E-state index in [9.17, 15) is 14.7 Å². The molecule has 2 aliphatic carbocycles. The number of aromatic nitrogens is 3. The van der Waals surface area contributed by atoms with E-state index in [1.165, 1.54) is 6.42 Å². The Morgan fingerprint density at radius 1 is 1.17 bits per heavy atom. The van der Waals surface area contributed by atoms with Crippen LogP contribution in [0.5, 0.6) is 0 Å². The van der Waals surface area contributed by atoms with Gasteiger partial charge in [0, 0.05) is 17.9 Å². The molecule has 2 fully saturated rings. The van der Waals surface area contributed by atoms with Gasteiger partial charge in [-0.2, -0.15) is 0 Å².